The lowest BCUT2D eigenvalue weighted by Crippen LogP contribution is -2.47. The number of amides is 1. The van der Waals surface area contributed by atoms with Crippen LogP contribution in [0.3, 0.4) is 0 Å². The molecular weight excluding hydrogens is 488 g/mol. The van der Waals surface area contributed by atoms with Gasteiger partial charge in [-0.15, -0.1) is 0 Å². The van der Waals surface area contributed by atoms with Crippen molar-refractivity contribution in [3.05, 3.63) is 71.9 Å². The summed E-state index contributed by atoms with van der Waals surface area (Å²) in [6, 6.07) is 14.0. The van der Waals surface area contributed by atoms with Crippen molar-refractivity contribution >= 4 is 16.8 Å². The summed E-state index contributed by atoms with van der Waals surface area (Å²) in [5.41, 5.74) is 4.26. The predicted molar refractivity (Wildman–Crippen MR) is 152 cm³/mol. The van der Waals surface area contributed by atoms with Gasteiger partial charge >= 0.3 is 0 Å². The normalized spacial score (nSPS) is 20.3. The third kappa shape index (κ3) is 5.81. The Bertz CT molecular complexity index is 1460. The number of carbonyl (C=O) groups excluding carboxylic acids is 1. The van der Waals surface area contributed by atoms with E-state index in [0.29, 0.717) is 18.0 Å². The summed E-state index contributed by atoms with van der Waals surface area (Å²) < 4.78 is 6.34. The number of pyridine rings is 1. The van der Waals surface area contributed by atoms with E-state index in [0.717, 1.165) is 72.0 Å². The van der Waals surface area contributed by atoms with Gasteiger partial charge in [0.15, 0.2) is 0 Å². The first-order valence-corrected chi connectivity index (χ1v) is 14.1. The Morgan fingerprint density at radius 2 is 1.79 bits per heavy atom. The second-order valence-corrected chi connectivity index (χ2v) is 11.0. The van der Waals surface area contributed by atoms with Crippen LogP contribution in [-0.4, -0.2) is 75.0 Å². The predicted octanol–water partition coefficient (Wildman–Crippen LogP) is 4.96. The molecule has 1 aliphatic heterocycles. The Hall–Kier alpha value is -3.78. The first-order chi connectivity index (χ1) is 19.0. The minimum Gasteiger partial charge on any atom is -0.490 e. The average Bonchev–Trinajstić information content (AvgIpc) is 3.38. The van der Waals surface area contributed by atoms with Crippen LogP contribution in [0.15, 0.2) is 54.9 Å². The Labute approximate surface area is 229 Å². The molecule has 1 saturated heterocycles. The number of H-pyrrole nitrogens is 1. The van der Waals surface area contributed by atoms with Crippen LogP contribution in [-0.2, 0) is 6.42 Å². The molecule has 0 bridgehead atoms. The Balaban J connectivity index is 1.16. The van der Waals surface area contributed by atoms with E-state index in [4.69, 9.17) is 9.72 Å². The highest BCUT2D eigenvalue weighted by atomic mass is 16.5. The fourth-order valence-electron chi connectivity index (χ4n) is 5.65. The van der Waals surface area contributed by atoms with Gasteiger partial charge in [-0.3, -0.25) is 9.78 Å². The number of hydrogen-bond acceptors (Lipinski definition) is 6. The van der Waals surface area contributed by atoms with Gasteiger partial charge in [0.1, 0.15) is 23.4 Å². The minimum atomic E-state index is 0.0635. The van der Waals surface area contributed by atoms with Gasteiger partial charge in [-0.1, -0.05) is 19.4 Å². The van der Waals surface area contributed by atoms with Crippen LogP contribution in [0.5, 0.6) is 5.75 Å². The SMILES string of the molecule is C[C@H]1CCCC[C@@H]1Oc1ccnc(-c2ccnc(Cc3ccc4[nH]c(C(=O)N5CCN(C)CC5)cc4c3)n2)c1. The van der Waals surface area contributed by atoms with E-state index in [1.54, 1.807) is 12.4 Å². The fourth-order valence-corrected chi connectivity index (χ4v) is 5.65. The van der Waals surface area contributed by atoms with E-state index in [9.17, 15) is 4.79 Å². The number of fused-ring (bicyclic) bond motifs is 1. The number of nitrogens with one attached hydrogen (secondary N) is 1. The molecule has 8 nitrogen and oxygen atoms in total. The van der Waals surface area contributed by atoms with E-state index in [1.165, 1.54) is 19.3 Å². The van der Waals surface area contributed by atoms with E-state index >= 15 is 0 Å². The number of ether oxygens (including phenoxy) is 1. The van der Waals surface area contributed by atoms with Crippen LogP contribution < -0.4 is 4.74 Å². The van der Waals surface area contributed by atoms with Crippen molar-refractivity contribution in [2.24, 2.45) is 5.92 Å². The maximum atomic E-state index is 13.0. The molecule has 2 atom stereocenters. The number of hydrogen-bond donors (Lipinski definition) is 1. The van der Waals surface area contributed by atoms with E-state index in [1.807, 2.05) is 35.2 Å². The van der Waals surface area contributed by atoms with Crippen molar-refractivity contribution < 1.29 is 9.53 Å². The van der Waals surface area contributed by atoms with Crippen molar-refractivity contribution in [2.45, 2.75) is 45.1 Å². The smallest absolute Gasteiger partial charge is 0.270 e. The second kappa shape index (κ2) is 11.1. The quantitative estimate of drug-likeness (QED) is 0.384. The summed E-state index contributed by atoms with van der Waals surface area (Å²) in [6.45, 7) is 5.60. The molecular formula is C31H36N6O2. The fraction of sp³-hybridized carbons (Fsp3) is 0.419. The van der Waals surface area contributed by atoms with Gasteiger partial charge in [0.25, 0.3) is 5.91 Å². The monoisotopic (exact) mass is 524 g/mol. The third-order valence-electron chi connectivity index (χ3n) is 8.09. The lowest BCUT2D eigenvalue weighted by atomic mass is 9.88. The Kier molecular flexibility index (Phi) is 7.28. The number of carbonyl (C=O) groups is 1. The highest BCUT2D eigenvalue weighted by molar-refractivity contribution is 5.98. The zero-order valence-corrected chi connectivity index (χ0v) is 22.8. The molecule has 2 fully saturated rings. The molecule has 39 heavy (non-hydrogen) atoms. The van der Waals surface area contributed by atoms with Crippen molar-refractivity contribution in [3.63, 3.8) is 0 Å². The summed E-state index contributed by atoms with van der Waals surface area (Å²) in [4.78, 5) is 34.4. The number of aromatic amines is 1. The Morgan fingerprint density at radius 1 is 0.974 bits per heavy atom. The van der Waals surface area contributed by atoms with Crippen LogP contribution >= 0.6 is 0 Å². The molecule has 202 valence electrons. The highest BCUT2D eigenvalue weighted by Gasteiger charge is 2.23. The summed E-state index contributed by atoms with van der Waals surface area (Å²) in [5.74, 6) is 2.21. The number of benzene rings is 1. The highest BCUT2D eigenvalue weighted by Crippen LogP contribution is 2.29. The zero-order valence-electron chi connectivity index (χ0n) is 22.8. The van der Waals surface area contributed by atoms with Gasteiger partial charge in [-0.2, -0.15) is 0 Å². The summed E-state index contributed by atoms with van der Waals surface area (Å²) in [6.07, 6.45) is 9.28. The van der Waals surface area contributed by atoms with Crippen molar-refractivity contribution in [3.8, 4) is 17.1 Å². The number of likely N-dealkylation sites (N-methyl/N-ethyl adjacent to an activating group) is 1. The molecule has 4 aromatic rings. The summed E-state index contributed by atoms with van der Waals surface area (Å²) in [5, 5.41) is 1.02. The average molecular weight is 525 g/mol. The molecule has 3 aromatic heterocycles. The van der Waals surface area contributed by atoms with Gasteiger partial charge in [-0.05, 0) is 68.1 Å². The van der Waals surface area contributed by atoms with Crippen LogP contribution in [0, 0.1) is 5.92 Å². The van der Waals surface area contributed by atoms with Crippen molar-refractivity contribution in [1.82, 2.24) is 29.7 Å². The van der Waals surface area contributed by atoms with Gasteiger partial charge in [0.2, 0.25) is 0 Å². The first kappa shape index (κ1) is 25.5. The molecule has 1 N–H and O–H groups in total. The standard InChI is InChI=1S/C31H36N6O2/c1-21-5-3-4-6-29(21)39-24-9-11-32-27(20-24)26-10-12-33-30(35-26)18-22-7-8-25-23(17-22)19-28(34-25)31(38)37-15-13-36(2)14-16-37/h7-12,17,19-21,29,34H,3-6,13-16,18H2,1-2H3/t21-,29-/m0/s1. The Morgan fingerprint density at radius 3 is 2.64 bits per heavy atom. The summed E-state index contributed by atoms with van der Waals surface area (Å²) >= 11 is 0. The van der Waals surface area contributed by atoms with Crippen LogP contribution in [0.4, 0.5) is 0 Å². The van der Waals surface area contributed by atoms with Gasteiger partial charge in [0, 0.05) is 62.0 Å². The zero-order chi connectivity index (χ0) is 26.8. The van der Waals surface area contributed by atoms with Crippen molar-refractivity contribution in [1.29, 1.82) is 0 Å². The molecule has 2 aliphatic rings. The van der Waals surface area contributed by atoms with Gasteiger partial charge in [-0.25, -0.2) is 9.97 Å². The topological polar surface area (TPSA) is 87.2 Å². The van der Waals surface area contributed by atoms with E-state index in [-0.39, 0.29) is 12.0 Å². The van der Waals surface area contributed by atoms with Crippen LogP contribution in [0.2, 0.25) is 0 Å². The maximum absolute atomic E-state index is 13.0. The lowest BCUT2D eigenvalue weighted by Gasteiger charge is -2.32. The van der Waals surface area contributed by atoms with Crippen molar-refractivity contribution in [2.75, 3.05) is 33.2 Å². The molecule has 1 aromatic carbocycles. The number of rotatable bonds is 6. The maximum Gasteiger partial charge on any atom is 0.270 e. The molecule has 1 aliphatic carbocycles. The summed E-state index contributed by atoms with van der Waals surface area (Å²) in [7, 11) is 2.09. The molecule has 0 unspecified atom stereocenters. The van der Waals surface area contributed by atoms with E-state index < -0.39 is 0 Å². The second-order valence-electron chi connectivity index (χ2n) is 11.0. The third-order valence-corrected chi connectivity index (χ3v) is 8.09. The molecule has 4 heterocycles. The molecule has 0 radical (unpaired) electrons. The number of nitrogens with zero attached hydrogens (tertiary/aromatic N) is 5. The molecule has 0 spiro atoms. The van der Waals surface area contributed by atoms with Crippen LogP contribution in [0.25, 0.3) is 22.3 Å². The largest absolute Gasteiger partial charge is 0.490 e. The molecule has 6 rings (SSSR count). The molecule has 1 saturated carbocycles. The first-order valence-electron chi connectivity index (χ1n) is 14.1. The minimum absolute atomic E-state index is 0.0635. The van der Waals surface area contributed by atoms with Gasteiger partial charge < -0.3 is 19.5 Å². The number of piperazine rings is 1. The van der Waals surface area contributed by atoms with Gasteiger partial charge in [0.05, 0.1) is 11.4 Å². The van der Waals surface area contributed by atoms with Crippen LogP contribution in [0.1, 0.15) is 54.5 Å². The molecule has 8 heteroatoms. The number of aromatic nitrogens is 4. The lowest BCUT2D eigenvalue weighted by molar-refractivity contribution is 0.0659. The molecule has 1 amide bonds. The van der Waals surface area contributed by atoms with E-state index in [2.05, 4.69) is 46.0 Å².